The van der Waals surface area contributed by atoms with E-state index in [2.05, 4.69) is 15.1 Å². The van der Waals surface area contributed by atoms with Crippen molar-refractivity contribution in [3.8, 4) is 0 Å². The summed E-state index contributed by atoms with van der Waals surface area (Å²) in [6, 6.07) is 5.76. The molecule has 2 aliphatic heterocycles. The number of carbonyl (C=O) groups excluding carboxylic acids is 1. The number of halogens is 1. The molecule has 1 amide bonds. The van der Waals surface area contributed by atoms with Crippen LogP contribution in [0.15, 0.2) is 18.2 Å². The normalized spacial score (nSPS) is 17.1. The van der Waals surface area contributed by atoms with Crippen LogP contribution >= 0.6 is 22.9 Å². The minimum absolute atomic E-state index is 0.0126. The van der Waals surface area contributed by atoms with Gasteiger partial charge in [0.2, 0.25) is 5.82 Å². The van der Waals surface area contributed by atoms with Crippen LogP contribution < -0.4 is 4.90 Å². The molecular weight excluding hydrogens is 372 g/mol. The predicted octanol–water partition coefficient (Wildman–Crippen LogP) is 2.45. The first-order chi connectivity index (χ1) is 12.7. The molecule has 1 fully saturated rings. The largest absolute Gasteiger partial charge is 0.345 e. The minimum atomic E-state index is -0.0126. The van der Waals surface area contributed by atoms with Crippen molar-refractivity contribution in [1.29, 1.82) is 0 Å². The van der Waals surface area contributed by atoms with Crippen molar-refractivity contribution in [1.82, 2.24) is 24.6 Å². The molecule has 134 valence electrons. The highest BCUT2D eigenvalue weighted by molar-refractivity contribution is 7.22. The average Bonchev–Trinajstić information content (AvgIpc) is 3.36. The van der Waals surface area contributed by atoms with Crippen molar-refractivity contribution in [2.75, 3.05) is 31.1 Å². The number of piperazine rings is 1. The van der Waals surface area contributed by atoms with Gasteiger partial charge in [0.05, 0.1) is 10.2 Å². The van der Waals surface area contributed by atoms with Gasteiger partial charge in [0.1, 0.15) is 5.82 Å². The van der Waals surface area contributed by atoms with Gasteiger partial charge in [0.25, 0.3) is 5.91 Å². The van der Waals surface area contributed by atoms with E-state index < -0.39 is 0 Å². The Kier molecular flexibility index (Phi) is 3.82. The Morgan fingerprint density at radius 1 is 1.12 bits per heavy atom. The summed E-state index contributed by atoms with van der Waals surface area (Å²) in [5.41, 5.74) is 0.965. The van der Waals surface area contributed by atoms with Gasteiger partial charge in [-0.3, -0.25) is 4.79 Å². The van der Waals surface area contributed by atoms with Gasteiger partial charge in [-0.05, 0) is 24.6 Å². The standard InChI is InChI=1S/C17H17ClN6OS/c18-11-3-4-12-13(10-11)26-17(19-12)23-8-6-22(7-9-23)16(25)15-21-20-14-2-1-5-24(14)15/h3-4,10H,1-2,5-9H2. The van der Waals surface area contributed by atoms with Gasteiger partial charge in [-0.25, -0.2) is 4.98 Å². The molecule has 1 saturated heterocycles. The highest BCUT2D eigenvalue weighted by Gasteiger charge is 2.29. The second-order valence-electron chi connectivity index (χ2n) is 6.58. The van der Waals surface area contributed by atoms with Gasteiger partial charge in [0, 0.05) is 44.2 Å². The summed E-state index contributed by atoms with van der Waals surface area (Å²) in [4.78, 5) is 21.6. The summed E-state index contributed by atoms with van der Waals surface area (Å²) in [6.45, 7) is 3.70. The lowest BCUT2D eigenvalue weighted by Crippen LogP contribution is -2.49. The molecule has 3 aromatic rings. The van der Waals surface area contributed by atoms with Gasteiger partial charge >= 0.3 is 0 Å². The Hall–Kier alpha value is -2.19. The van der Waals surface area contributed by atoms with E-state index in [-0.39, 0.29) is 5.91 Å². The fraction of sp³-hybridized carbons (Fsp3) is 0.412. The SMILES string of the molecule is O=C(c1nnc2n1CCC2)N1CCN(c2nc3ccc(Cl)cc3s2)CC1. The number of benzene rings is 1. The third kappa shape index (κ3) is 2.64. The molecule has 0 aliphatic carbocycles. The van der Waals surface area contributed by atoms with E-state index in [0.717, 1.165) is 58.7 Å². The molecular formula is C17H17ClN6OS. The number of hydrogen-bond acceptors (Lipinski definition) is 6. The maximum absolute atomic E-state index is 12.8. The van der Waals surface area contributed by atoms with E-state index in [0.29, 0.717) is 18.9 Å². The summed E-state index contributed by atoms with van der Waals surface area (Å²) in [5.74, 6) is 1.40. The molecule has 0 bridgehead atoms. The molecule has 0 saturated carbocycles. The number of aryl methyl sites for hydroxylation is 1. The maximum atomic E-state index is 12.8. The smallest absolute Gasteiger partial charge is 0.291 e. The van der Waals surface area contributed by atoms with Crippen molar-refractivity contribution in [2.24, 2.45) is 0 Å². The number of nitrogens with zero attached hydrogens (tertiary/aromatic N) is 6. The fourth-order valence-corrected chi connectivity index (χ4v) is 4.87. The lowest BCUT2D eigenvalue weighted by Gasteiger charge is -2.34. The van der Waals surface area contributed by atoms with Crippen molar-refractivity contribution in [2.45, 2.75) is 19.4 Å². The molecule has 2 aliphatic rings. The Balaban J connectivity index is 1.30. The fourth-order valence-electron chi connectivity index (χ4n) is 3.57. The molecule has 2 aromatic heterocycles. The first kappa shape index (κ1) is 16.0. The van der Waals surface area contributed by atoms with Crippen LogP contribution in [0.4, 0.5) is 5.13 Å². The van der Waals surface area contributed by atoms with E-state index in [1.807, 2.05) is 27.7 Å². The second kappa shape index (κ2) is 6.21. The van der Waals surface area contributed by atoms with E-state index in [9.17, 15) is 4.79 Å². The van der Waals surface area contributed by atoms with Crippen molar-refractivity contribution < 1.29 is 4.79 Å². The molecule has 4 heterocycles. The maximum Gasteiger partial charge on any atom is 0.291 e. The van der Waals surface area contributed by atoms with Crippen LogP contribution in [0.5, 0.6) is 0 Å². The minimum Gasteiger partial charge on any atom is -0.345 e. The topological polar surface area (TPSA) is 67.2 Å². The van der Waals surface area contributed by atoms with Gasteiger partial charge < -0.3 is 14.4 Å². The van der Waals surface area contributed by atoms with Crippen LogP contribution in [0.25, 0.3) is 10.2 Å². The molecule has 0 radical (unpaired) electrons. The van der Waals surface area contributed by atoms with Crippen LogP contribution in [0, 0.1) is 0 Å². The van der Waals surface area contributed by atoms with E-state index in [4.69, 9.17) is 16.6 Å². The number of carbonyl (C=O) groups is 1. The first-order valence-electron chi connectivity index (χ1n) is 8.71. The number of aromatic nitrogens is 4. The summed E-state index contributed by atoms with van der Waals surface area (Å²) < 4.78 is 3.05. The van der Waals surface area contributed by atoms with Gasteiger partial charge in [-0.15, -0.1) is 10.2 Å². The Morgan fingerprint density at radius 3 is 2.81 bits per heavy atom. The average molecular weight is 389 g/mol. The van der Waals surface area contributed by atoms with Gasteiger partial charge in [0.15, 0.2) is 5.13 Å². The van der Waals surface area contributed by atoms with E-state index in [1.165, 1.54) is 0 Å². The summed E-state index contributed by atoms with van der Waals surface area (Å²) >= 11 is 7.71. The van der Waals surface area contributed by atoms with Crippen LogP contribution in [-0.4, -0.2) is 56.7 Å². The highest BCUT2D eigenvalue weighted by atomic mass is 35.5. The van der Waals surface area contributed by atoms with E-state index in [1.54, 1.807) is 11.3 Å². The first-order valence-corrected chi connectivity index (χ1v) is 9.91. The molecule has 0 N–H and O–H groups in total. The Morgan fingerprint density at radius 2 is 1.96 bits per heavy atom. The number of amides is 1. The monoisotopic (exact) mass is 388 g/mol. The van der Waals surface area contributed by atoms with Gasteiger partial charge in [-0.1, -0.05) is 22.9 Å². The summed E-state index contributed by atoms with van der Waals surface area (Å²) in [7, 11) is 0. The Bertz CT molecular complexity index is 990. The third-order valence-electron chi connectivity index (χ3n) is 4.98. The molecule has 0 atom stereocenters. The van der Waals surface area contributed by atoms with Crippen molar-refractivity contribution in [3.05, 3.63) is 34.9 Å². The van der Waals surface area contributed by atoms with Crippen LogP contribution in [-0.2, 0) is 13.0 Å². The number of rotatable bonds is 2. The molecule has 26 heavy (non-hydrogen) atoms. The molecule has 7 nitrogen and oxygen atoms in total. The predicted molar refractivity (Wildman–Crippen MR) is 101 cm³/mol. The summed E-state index contributed by atoms with van der Waals surface area (Å²) in [5, 5.41) is 9.96. The lowest BCUT2D eigenvalue weighted by molar-refractivity contribution is 0.0729. The second-order valence-corrected chi connectivity index (χ2v) is 8.03. The van der Waals surface area contributed by atoms with Crippen LogP contribution in [0.2, 0.25) is 5.02 Å². The zero-order valence-corrected chi connectivity index (χ0v) is 15.6. The molecule has 1 aromatic carbocycles. The molecule has 0 unspecified atom stereocenters. The molecule has 0 spiro atoms. The molecule has 5 rings (SSSR count). The number of fused-ring (bicyclic) bond motifs is 2. The van der Waals surface area contributed by atoms with Gasteiger partial charge in [-0.2, -0.15) is 0 Å². The number of thiazole rings is 1. The Labute approximate surface area is 159 Å². The summed E-state index contributed by atoms with van der Waals surface area (Å²) in [6.07, 6.45) is 1.95. The lowest BCUT2D eigenvalue weighted by atomic mass is 10.3. The number of hydrogen-bond donors (Lipinski definition) is 0. The highest BCUT2D eigenvalue weighted by Crippen LogP contribution is 2.31. The van der Waals surface area contributed by atoms with Crippen molar-refractivity contribution >= 4 is 44.2 Å². The van der Waals surface area contributed by atoms with E-state index >= 15 is 0 Å². The zero-order valence-electron chi connectivity index (χ0n) is 14.1. The van der Waals surface area contributed by atoms with Crippen molar-refractivity contribution in [3.63, 3.8) is 0 Å². The quantitative estimate of drug-likeness (QED) is 0.674. The third-order valence-corrected chi connectivity index (χ3v) is 6.29. The van der Waals surface area contributed by atoms with Crippen LogP contribution in [0.1, 0.15) is 22.9 Å². The van der Waals surface area contributed by atoms with Crippen LogP contribution in [0.3, 0.4) is 0 Å². The molecule has 9 heteroatoms. The zero-order chi connectivity index (χ0) is 17.7. The number of anilines is 1.